The van der Waals surface area contributed by atoms with Crippen LogP contribution >= 0.6 is 35.0 Å². The van der Waals surface area contributed by atoms with Gasteiger partial charge in [0.15, 0.2) is 9.84 Å². The van der Waals surface area contributed by atoms with Gasteiger partial charge in [0.1, 0.15) is 0 Å². The first-order valence-corrected chi connectivity index (χ1v) is 11.2. The summed E-state index contributed by atoms with van der Waals surface area (Å²) in [6.07, 6.45) is 0. The van der Waals surface area contributed by atoms with E-state index in [9.17, 15) is 8.42 Å². The van der Waals surface area contributed by atoms with Crippen LogP contribution in [0, 0.1) is 0 Å². The zero-order chi connectivity index (χ0) is 18.6. The number of halogens is 2. The molecule has 0 radical (unpaired) electrons. The fourth-order valence-electron chi connectivity index (χ4n) is 2.53. The Balaban J connectivity index is 1.96. The lowest BCUT2D eigenvalue weighted by molar-refractivity contribution is 0.595. The molecule has 0 heterocycles. The van der Waals surface area contributed by atoms with Crippen LogP contribution in [0.5, 0.6) is 0 Å². The summed E-state index contributed by atoms with van der Waals surface area (Å²) in [5.74, 6) is -0.0728. The summed E-state index contributed by atoms with van der Waals surface area (Å²) in [4.78, 5) is 1.08. The van der Waals surface area contributed by atoms with E-state index in [1.54, 1.807) is 6.07 Å². The standard InChI is InChI=1S/C20H16Cl2O2S2/c21-16-11-12-18(22)20(13-16)26(23,24)14-19(15-7-3-1-4-8-15)25-17-9-5-2-6-10-17/h1-13,19H,14H2. The summed E-state index contributed by atoms with van der Waals surface area (Å²) < 4.78 is 26.0. The van der Waals surface area contributed by atoms with Gasteiger partial charge in [0.2, 0.25) is 0 Å². The Morgan fingerprint density at radius 2 is 1.46 bits per heavy atom. The third kappa shape index (κ3) is 4.83. The average Bonchev–Trinajstić information content (AvgIpc) is 2.64. The Hall–Kier alpha value is -1.46. The zero-order valence-electron chi connectivity index (χ0n) is 13.7. The van der Waals surface area contributed by atoms with Gasteiger partial charge in [0, 0.05) is 15.2 Å². The number of hydrogen-bond acceptors (Lipinski definition) is 3. The van der Waals surface area contributed by atoms with E-state index in [1.807, 2.05) is 60.7 Å². The highest BCUT2D eigenvalue weighted by Crippen LogP contribution is 2.38. The number of rotatable bonds is 6. The summed E-state index contributed by atoms with van der Waals surface area (Å²) >= 11 is 13.6. The van der Waals surface area contributed by atoms with Crippen molar-refractivity contribution >= 4 is 44.8 Å². The van der Waals surface area contributed by atoms with E-state index in [1.165, 1.54) is 23.9 Å². The topological polar surface area (TPSA) is 34.1 Å². The largest absolute Gasteiger partial charge is 0.224 e. The molecule has 0 fully saturated rings. The fourth-order valence-corrected chi connectivity index (χ4v) is 6.43. The second-order valence-corrected chi connectivity index (χ2v) is 9.81. The number of hydrogen-bond donors (Lipinski definition) is 0. The molecule has 0 bridgehead atoms. The molecule has 0 aromatic heterocycles. The fraction of sp³-hybridized carbons (Fsp3) is 0.100. The minimum Gasteiger partial charge on any atom is -0.224 e. The van der Waals surface area contributed by atoms with Crippen LogP contribution < -0.4 is 0 Å². The van der Waals surface area contributed by atoms with Crippen molar-refractivity contribution in [2.75, 3.05) is 5.75 Å². The molecule has 1 atom stereocenters. The number of sulfone groups is 1. The van der Waals surface area contributed by atoms with Gasteiger partial charge in [0.05, 0.1) is 15.7 Å². The van der Waals surface area contributed by atoms with E-state index in [0.717, 1.165) is 10.5 Å². The van der Waals surface area contributed by atoms with Gasteiger partial charge in [0.25, 0.3) is 0 Å². The first-order chi connectivity index (χ1) is 12.5. The molecule has 26 heavy (non-hydrogen) atoms. The highest BCUT2D eigenvalue weighted by Gasteiger charge is 2.26. The molecule has 0 amide bonds. The van der Waals surface area contributed by atoms with Crippen LogP contribution in [-0.2, 0) is 9.84 Å². The van der Waals surface area contributed by atoms with Crippen LogP contribution in [0.25, 0.3) is 0 Å². The lowest BCUT2D eigenvalue weighted by Crippen LogP contribution is -2.13. The van der Waals surface area contributed by atoms with Crippen molar-refractivity contribution in [2.24, 2.45) is 0 Å². The predicted octanol–water partition coefficient (Wildman–Crippen LogP) is 6.30. The van der Waals surface area contributed by atoms with Gasteiger partial charge in [-0.15, -0.1) is 11.8 Å². The maximum absolute atomic E-state index is 13.0. The van der Waals surface area contributed by atoms with Gasteiger partial charge in [-0.2, -0.15) is 0 Å². The van der Waals surface area contributed by atoms with Crippen molar-refractivity contribution in [3.63, 3.8) is 0 Å². The molecule has 1 unspecified atom stereocenters. The molecule has 0 aliphatic carbocycles. The average molecular weight is 423 g/mol. The van der Waals surface area contributed by atoms with E-state index < -0.39 is 9.84 Å². The quantitative estimate of drug-likeness (QED) is 0.436. The molecule has 0 saturated carbocycles. The van der Waals surface area contributed by atoms with Crippen LogP contribution in [0.1, 0.15) is 10.8 Å². The normalized spacial score (nSPS) is 12.7. The van der Waals surface area contributed by atoms with E-state index in [4.69, 9.17) is 23.2 Å². The highest BCUT2D eigenvalue weighted by atomic mass is 35.5. The molecule has 0 saturated heterocycles. The van der Waals surface area contributed by atoms with Crippen LogP contribution in [0.4, 0.5) is 0 Å². The summed E-state index contributed by atoms with van der Waals surface area (Å²) in [6, 6.07) is 23.9. The van der Waals surface area contributed by atoms with Crippen LogP contribution in [0.2, 0.25) is 10.0 Å². The first kappa shape index (κ1) is 19.3. The van der Waals surface area contributed by atoms with Gasteiger partial charge >= 0.3 is 0 Å². The predicted molar refractivity (Wildman–Crippen MR) is 110 cm³/mol. The minimum absolute atomic E-state index is 0.0706. The second-order valence-electron chi connectivity index (χ2n) is 5.69. The van der Waals surface area contributed by atoms with Crippen molar-refractivity contribution in [3.8, 4) is 0 Å². The second kappa shape index (κ2) is 8.49. The molecule has 0 aliphatic heterocycles. The maximum atomic E-state index is 13.0. The summed E-state index contributed by atoms with van der Waals surface area (Å²) in [7, 11) is -3.62. The van der Waals surface area contributed by atoms with Crippen LogP contribution in [0.15, 0.2) is 88.7 Å². The third-order valence-electron chi connectivity index (χ3n) is 3.79. The van der Waals surface area contributed by atoms with Gasteiger partial charge in [-0.3, -0.25) is 0 Å². The lowest BCUT2D eigenvalue weighted by Gasteiger charge is -2.18. The molecule has 3 rings (SSSR count). The molecule has 134 valence electrons. The van der Waals surface area contributed by atoms with Crippen LogP contribution in [0.3, 0.4) is 0 Å². The van der Waals surface area contributed by atoms with Crippen molar-refractivity contribution in [2.45, 2.75) is 15.0 Å². The van der Waals surface area contributed by atoms with Gasteiger partial charge in [-0.05, 0) is 35.9 Å². The van der Waals surface area contributed by atoms with Gasteiger partial charge in [-0.25, -0.2) is 8.42 Å². The lowest BCUT2D eigenvalue weighted by atomic mass is 10.2. The molecular formula is C20H16Cl2O2S2. The molecule has 3 aromatic carbocycles. The molecule has 3 aromatic rings. The highest BCUT2D eigenvalue weighted by molar-refractivity contribution is 8.01. The van der Waals surface area contributed by atoms with Crippen molar-refractivity contribution in [1.29, 1.82) is 0 Å². The molecular weight excluding hydrogens is 407 g/mol. The molecule has 2 nitrogen and oxygen atoms in total. The maximum Gasteiger partial charge on any atom is 0.181 e. The summed E-state index contributed by atoms with van der Waals surface area (Å²) in [5, 5.41) is 0.268. The molecule has 6 heteroatoms. The first-order valence-electron chi connectivity index (χ1n) is 7.90. The molecule has 0 N–H and O–H groups in total. The Morgan fingerprint density at radius 1 is 0.846 bits per heavy atom. The van der Waals surface area contributed by atoms with Gasteiger partial charge < -0.3 is 0 Å². The van der Waals surface area contributed by atoms with E-state index >= 15 is 0 Å². The van der Waals surface area contributed by atoms with E-state index in [0.29, 0.717) is 5.02 Å². The Kier molecular flexibility index (Phi) is 6.30. The molecule has 0 spiro atoms. The van der Waals surface area contributed by atoms with E-state index in [2.05, 4.69) is 0 Å². The minimum atomic E-state index is -3.62. The Morgan fingerprint density at radius 3 is 2.12 bits per heavy atom. The van der Waals surface area contributed by atoms with E-state index in [-0.39, 0.29) is 20.9 Å². The smallest absolute Gasteiger partial charge is 0.181 e. The summed E-state index contributed by atoms with van der Waals surface area (Å²) in [5.41, 5.74) is 0.947. The van der Waals surface area contributed by atoms with Crippen LogP contribution in [-0.4, -0.2) is 14.2 Å². The SMILES string of the molecule is O=S(=O)(CC(Sc1ccccc1)c1ccccc1)c1cc(Cl)ccc1Cl. The van der Waals surface area contributed by atoms with Crippen molar-refractivity contribution in [1.82, 2.24) is 0 Å². The Bertz CT molecular complexity index is 975. The monoisotopic (exact) mass is 422 g/mol. The van der Waals surface area contributed by atoms with Gasteiger partial charge in [-0.1, -0.05) is 71.7 Å². The number of benzene rings is 3. The van der Waals surface area contributed by atoms with Crippen molar-refractivity contribution < 1.29 is 8.42 Å². The molecule has 0 aliphatic rings. The zero-order valence-corrected chi connectivity index (χ0v) is 16.8. The number of thioether (sulfide) groups is 1. The third-order valence-corrected chi connectivity index (χ3v) is 7.73. The Labute approximate surface area is 168 Å². The summed E-state index contributed by atoms with van der Waals surface area (Å²) in [6.45, 7) is 0. The van der Waals surface area contributed by atoms with Crippen molar-refractivity contribution in [3.05, 3.63) is 94.5 Å².